The van der Waals surface area contributed by atoms with Gasteiger partial charge in [-0.05, 0) is 37.9 Å². The minimum atomic E-state index is -1.36. The number of rotatable bonds is 10. The summed E-state index contributed by atoms with van der Waals surface area (Å²) in [6.07, 6.45) is -12.8. The van der Waals surface area contributed by atoms with E-state index in [2.05, 4.69) is 6.92 Å². The fourth-order valence-electron chi connectivity index (χ4n) is 8.62. The van der Waals surface area contributed by atoms with Gasteiger partial charge in [-0.2, -0.15) is 23.5 Å². The molecule has 8 bridgehead atoms. The van der Waals surface area contributed by atoms with Crippen LogP contribution in [0, 0.1) is 11.8 Å². The Morgan fingerprint density at radius 3 is 1.27 bits per heavy atom. The summed E-state index contributed by atoms with van der Waals surface area (Å²) in [5.74, 6) is 1.63. The maximum atomic E-state index is 10.8. The molecular formula is C39H71NO18S2. The Kier molecular flexibility index (Phi) is 21.7. The van der Waals surface area contributed by atoms with Gasteiger partial charge in [-0.25, -0.2) is 0 Å². The Hall–Kier alpha value is -0.0600. The first-order chi connectivity index (χ1) is 28.9. The van der Waals surface area contributed by atoms with Crippen molar-refractivity contribution in [2.45, 2.75) is 175 Å². The second kappa shape index (κ2) is 25.6. The molecule has 19 nitrogen and oxygen atoms in total. The van der Waals surface area contributed by atoms with E-state index >= 15 is 0 Å². The normalized spacial score (nSPS) is 45.8. The SMILES string of the molecule is CCCSCC1O[C@@H]2OCCCCCC3C(CO)O[C@H](OC1[C@H](O)C2O)C(O)[C@H]3O.NCCSCC1O[C@@H]2OCCCCCC3C(CO)O[C@H](OC1[C@H](O)C2O)C(O)[C@H]3O. The van der Waals surface area contributed by atoms with Crippen molar-refractivity contribution in [2.75, 3.05) is 56.0 Å². The Bertz CT molecular complexity index is 1120. The number of ether oxygens (including phenoxy) is 8. The highest BCUT2D eigenvalue weighted by atomic mass is 32.2. The van der Waals surface area contributed by atoms with Crippen LogP contribution in [-0.4, -0.2) is 218 Å². The van der Waals surface area contributed by atoms with Crippen molar-refractivity contribution in [3.8, 4) is 0 Å². The molecule has 21 heteroatoms. The van der Waals surface area contributed by atoms with Gasteiger partial charge in [-0.15, -0.1) is 0 Å². The molecule has 0 aromatic carbocycles. The average molecular weight is 906 g/mol. The molecule has 352 valence electrons. The van der Waals surface area contributed by atoms with E-state index in [9.17, 15) is 51.1 Å². The molecule has 12 rings (SSSR count). The molecule has 12 saturated heterocycles. The van der Waals surface area contributed by atoms with Crippen LogP contribution >= 0.6 is 23.5 Å². The zero-order chi connectivity index (χ0) is 43.3. The number of thioether (sulfide) groups is 2. The molecular weight excluding hydrogens is 835 g/mol. The summed E-state index contributed by atoms with van der Waals surface area (Å²) in [4.78, 5) is 0. The molecule has 0 aliphatic carbocycles. The van der Waals surface area contributed by atoms with E-state index in [0.29, 0.717) is 56.3 Å². The molecule has 12 heterocycles. The lowest BCUT2D eigenvalue weighted by molar-refractivity contribution is -0.351. The van der Waals surface area contributed by atoms with Crippen molar-refractivity contribution in [3.05, 3.63) is 0 Å². The molecule has 12 unspecified atom stereocenters. The Labute approximate surface area is 360 Å². The summed E-state index contributed by atoms with van der Waals surface area (Å²) < 4.78 is 46.6. The van der Waals surface area contributed by atoms with Gasteiger partial charge in [0.05, 0.1) is 49.8 Å². The molecule has 0 saturated carbocycles. The topological polar surface area (TPSA) is 302 Å². The zero-order valence-electron chi connectivity index (χ0n) is 34.4. The van der Waals surface area contributed by atoms with Gasteiger partial charge < -0.3 is 94.7 Å². The molecule has 60 heavy (non-hydrogen) atoms. The van der Waals surface area contributed by atoms with Crippen LogP contribution in [-0.2, 0) is 37.9 Å². The van der Waals surface area contributed by atoms with Gasteiger partial charge in [0.15, 0.2) is 25.2 Å². The van der Waals surface area contributed by atoms with Gasteiger partial charge in [0.1, 0.15) is 48.8 Å². The van der Waals surface area contributed by atoms with Crippen LogP contribution in [0.1, 0.15) is 64.7 Å². The molecule has 0 aromatic rings. The maximum Gasteiger partial charge on any atom is 0.187 e. The molecule has 0 aromatic heterocycles. The Morgan fingerprint density at radius 2 is 0.867 bits per heavy atom. The van der Waals surface area contributed by atoms with Crippen LogP contribution in [0.4, 0.5) is 0 Å². The number of hydrogen-bond donors (Lipinski definition) is 11. The molecule has 12 fully saturated rings. The number of hydrogen-bond acceptors (Lipinski definition) is 21. The molecule has 0 radical (unpaired) electrons. The highest BCUT2D eigenvalue weighted by molar-refractivity contribution is 7.99. The standard InChI is InChI=1S/C20H36O9S.C19H35NO9S/c1-2-8-30-10-13-18-15(23)17(25)19(28-13)26-7-5-3-4-6-11-12(9-21)27-20(29-18)16(24)14(11)22;20-5-7-30-9-12-17-14(23)16(25)18(28-12)26-6-3-1-2-4-10-11(8-21)27-19(29-17)15(24)13(10)22/h11-25H,2-10H2,1H3;10-19,21-25H,1-9,20H2/t11?,12?,13?,14-,15+,16?,17?,18?,19-,20+;10?,11?,12?,13-,14+,15?,16?,17?,18-,19+/m00/s1. The molecule has 12 aliphatic rings. The number of aliphatic hydroxyl groups is 10. The van der Waals surface area contributed by atoms with Crippen LogP contribution in [0.25, 0.3) is 0 Å². The maximum absolute atomic E-state index is 10.8. The van der Waals surface area contributed by atoms with E-state index in [1.54, 1.807) is 11.8 Å². The summed E-state index contributed by atoms with van der Waals surface area (Å²) in [5, 5.41) is 105. The molecule has 0 amide bonds. The summed E-state index contributed by atoms with van der Waals surface area (Å²) in [6, 6.07) is 0. The van der Waals surface area contributed by atoms with Crippen molar-refractivity contribution >= 4 is 23.5 Å². The van der Waals surface area contributed by atoms with Gasteiger partial charge in [-0.3, -0.25) is 0 Å². The molecule has 20 atom stereocenters. The van der Waals surface area contributed by atoms with E-state index < -0.39 is 122 Å². The van der Waals surface area contributed by atoms with Gasteiger partial charge >= 0.3 is 0 Å². The van der Waals surface area contributed by atoms with Gasteiger partial charge in [0, 0.05) is 48.9 Å². The zero-order valence-corrected chi connectivity index (χ0v) is 36.0. The average Bonchev–Trinajstić information content (AvgIpc) is 3.26. The van der Waals surface area contributed by atoms with Gasteiger partial charge in [-0.1, -0.05) is 32.6 Å². The minimum absolute atomic E-state index is 0.318. The van der Waals surface area contributed by atoms with Gasteiger partial charge in [0.2, 0.25) is 0 Å². The van der Waals surface area contributed by atoms with Crippen molar-refractivity contribution in [2.24, 2.45) is 17.6 Å². The Morgan fingerprint density at radius 1 is 0.467 bits per heavy atom. The first-order valence-electron chi connectivity index (χ1n) is 21.6. The predicted molar refractivity (Wildman–Crippen MR) is 216 cm³/mol. The van der Waals surface area contributed by atoms with Crippen molar-refractivity contribution < 1.29 is 89.0 Å². The summed E-state index contributed by atoms with van der Waals surface area (Å²) >= 11 is 3.13. The highest BCUT2D eigenvalue weighted by Gasteiger charge is 2.53. The van der Waals surface area contributed by atoms with E-state index in [1.165, 1.54) is 11.8 Å². The molecule has 12 aliphatic heterocycles. The first kappa shape index (κ1) is 50.9. The fourth-order valence-corrected chi connectivity index (χ4v) is 10.4. The lowest BCUT2D eigenvalue weighted by Gasteiger charge is -2.47. The van der Waals surface area contributed by atoms with Gasteiger partial charge in [0.25, 0.3) is 0 Å². The number of nitrogens with two attached hydrogens (primary N) is 1. The lowest BCUT2D eigenvalue weighted by Crippen LogP contribution is -2.63. The third-order valence-corrected chi connectivity index (χ3v) is 14.4. The van der Waals surface area contributed by atoms with Crippen LogP contribution in [0.3, 0.4) is 0 Å². The summed E-state index contributed by atoms with van der Waals surface area (Å²) in [5.41, 5.74) is 5.56. The summed E-state index contributed by atoms with van der Waals surface area (Å²) in [6.45, 7) is 2.61. The quantitative estimate of drug-likeness (QED) is 0.103. The third-order valence-electron chi connectivity index (χ3n) is 12.0. The van der Waals surface area contributed by atoms with E-state index in [1.807, 2.05) is 0 Å². The van der Waals surface area contributed by atoms with Crippen LogP contribution < -0.4 is 5.73 Å². The summed E-state index contributed by atoms with van der Waals surface area (Å²) in [7, 11) is 0. The smallest absolute Gasteiger partial charge is 0.187 e. The van der Waals surface area contributed by atoms with Crippen LogP contribution in [0.2, 0.25) is 0 Å². The van der Waals surface area contributed by atoms with E-state index in [-0.39, 0.29) is 13.2 Å². The van der Waals surface area contributed by atoms with E-state index in [4.69, 9.17) is 43.6 Å². The second-order valence-electron chi connectivity index (χ2n) is 16.4. The predicted octanol–water partition coefficient (Wildman–Crippen LogP) is -2.24. The third kappa shape index (κ3) is 13.1. The Balaban J connectivity index is 0.000000228. The highest BCUT2D eigenvalue weighted by Crippen LogP contribution is 2.37. The minimum Gasteiger partial charge on any atom is -0.394 e. The van der Waals surface area contributed by atoms with E-state index in [0.717, 1.165) is 44.3 Å². The fraction of sp³-hybridized carbons (Fsp3) is 1.00. The lowest BCUT2D eigenvalue weighted by atomic mass is 9.85. The van der Waals surface area contributed by atoms with Crippen molar-refractivity contribution in [1.82, 2.24) is 0 Å². The first-order valence-corrected chi connectivity index (χ1v) is 23.9. The second-order valence-corrected chi connectivity index (χ2v) is 18.7. The van der Waals surface area contributed by atoms with Crippen LogP contribution in [0.5, 0.6) is 0 Å². The number of aliphatic hydroxyl groups excluding tert-OH is 10. The van der Waals surface area contributed by atoms with Crippen molar-refractivity contribution in [3.63, 3.8) is 0 Å². The van der Waals surface area contributed by atoms with Crippen molar-refractivity contribution in [1.29, 1.82) is 0 Å². The molecule has 0 spiro atoms. The monoisotopic (exact) mass is 905 g/mol. The largest absolute Gasteiger partial charge is 0.394 e. The van der Waals surface area contributed by atoms with Crippen LogP contribution in [0.15, 0.2) is 0 Å². The molecule has 12 N–H and O–H groups in total.